The summed E-state index contributed by atoms with van der Waals surface area (Å²) in [4.78, 5) is 10.8. The monoisotopic (exact) mass is 264 g/mol. The molecule has 0 aromatic carbocycles. The van der Waals surface area contributed by atoms with Crippen molar-refractivity contribution < 1.29 is 5.11 Å². The molecule has 1 unspecified atom stereocenters. The van der Waals surface area contributed by atoms with Crippen LogP contribution in [-0.2, 0) is 0 Å². The summed E-state index contributed by atoms with van der Waals surface area (Å²) < 4.78 is 0. The quantitative estimate of drug-likeness (QED) is 0.875. The standard InChI is InChI=1S/C14H24N4O/c1-14(2,3)17-12-8-13(16-10-15-12)18-7-5-4-6-11(18)9-19/h8,10-11,19H,4-7,9H2,1-3H3,(H,15,16,17). The Morgan fingerprint density at radius 2 is 2.16 bits per heavy atom. The summed E-state index contributed by atoms with van der Waals surface area (Å²) in [6.07, 6.45) is 4.96. The smallest absolute Gasteiger partial charge is 0.134 e. The van der Waals surface area contributed by atoms with E-state index in [4.69, 9.17) is 0 Å². The highest BCUT2D eigenvalue weighted by atomic mass is 16.3. The molecule has 2 N–H and O–H groups in total. The van der Waals surface area contributed by atoms with Gasteiger partial charge < -0.3 is 15.3 Å². The minimum atomic E-state index is -0.0239. The number of piperidine rings is 1. The number of nitrogens with zero attached hydrogens (tertiary/aromatic N) is 3. The highest BCUT2D eigenvalue weighted by Crippen LogP contribution is 2.24. The molecule has 2 rings (SSSR count). The van der Waals surface area contributed by atoms with Crippen LogP contribution < -0.4 is 10.2 Å². The average Bonchev–Trinajstić information content (AvgIpc) is 2.37. The summed E-state index contributed by atoms with van der Waals surface area (Å²) in [5.41, 5.74) is -0.0239. The van der Waals surface area contributed by atoms with Crippen molar-refractivity contribution in [3.05, 3.63) is 12.4 Å². The molecule has 0 spiro atoms. The van der Waals surface area contributed by atoms with Gasteiger partial charge in [0.15, 0.2) is 0 Å². The lowest BCUT2D eigenvalue weighted by Crippen LogP contribution is -2.42. The molecule has 0 saturated carbocycles. The van der Waals surface area contributed by atoms with Crippen molar-refractivity contribution >= 4 is 11.6 Å². The minimum absolute atomic E-state index is 0.0239. The fourth-order valence-electron chi connectivity index (χ4n) is 2.45. The molecule has 0 radical (unpaired) electrons. The Balaban J connectivity index is 2.17. The molecular formula is C14H24N4O. The van der Waals surface area contributed by atoms with Gasteiger partial charge in [0.05, 0.1) is 12.6 Å². The second-order valence-electron chi connectivity index (χ2n) is 6.16. The van der Waals surface area contributed by atoms with Crippen LogP contribution >= 0.6 is 0 Å². The Labute approximate surface area is 115 Å². The van der Waals surface area contributed by atoms with Crippen molar-refractivity contribution in [3.63, 3.8) is 0 Å². The van der Waals surface area contributed by atoms with E-state index in [1.165, 1.54) is 6.42 Å². The third-order valence-corrected chi connectivity index (χ3v) is 3.29. The molecule has 5 nitrogen and oxygen atoms in total. The van der Waals surface area contributed by atoms with Gasteiger partial charge >= 0.3 is 0 Å². The van der Waals surface area contributed by atoms with E-state index in [9.17, 15) is 5.11 Å². The molecule has 0 aliphatic carbocycles. The van der Waals surface area contributed by atoms with Gasteiger partial charge in [-0.05, 0) is 40.0 Å². The second-order valence-corrected chi connectivity index (χ2v) is 6.16. The second kappa shape index (κ2) is 5.74. The SMILES string of the molecule is CC(C)(C)Nc1cc(N2CCCCC2CO)ncn1. The van der Waals surface area contributed by atoms with Crippen LogP contribution in [0.15, 0.2) is 12.4 Å². The molecule has 1 aromatic heterocycles. The summed E-state index contributed by atoms with van der Waals surface area (Å²) in [7, 11) is 0. The van der Waals surface area contributed by atoms with Crippen molar-refractivity contribution in [2.75, 3.05) is 23.4 Å². The molecule has 1 fully saturated rings. The van der Waals surface area contributed by atoms with Crippen LogP contribution in [0.25, 0.3) is 0 Å². The van der Waals surface area contributed by atoms with Crippen LogP contribution in [0.3, 0.4) is 0 Å². The Morgan fingerprint density at radius 3 is 2.84 bits per heavy atom. The molecular weight excluding hydrogens is 240 g/mol. The van der Waals surface area contributed by atoms with Crippen molar-refractivity contribution in [1.82, 2.24) is 9.97 Å². The summed E-state index contributed by atoms with van der Waals surface area (Å²) in [6, 6.07) is 2.16. The fraction of sp³-hybridized carbons (Fsp3) is 0.714. The average molecular weight is 264 g/mol. The number of aromatic nitrogens is 2. The van der Waals surface area contributed by atoms with E-state index in [1.807, 2.05) is 6.07 Å². The van der Waals surface area contributed by atoms with E-state index in [1.54, 1.807) is 6.33 Å². The molecule has 0 amide bonds. The third-order valence-electron chi connectivity index (χ3n) is 3.29. The van der Waals surface area contributed by atoms with Gasteiger partial charge in [-0.1, -0.05) is 0 Å². The lowest BCUT2D eigenvalue weighted by Gasteiger charge is -2.35. The van der Waals surface area contributed by atoms with Gasteiger partial charge in [0.2, 0.25) is 0 Å². The molecule has 1 aromatic rings. The summed E-state index contributed by atoms with van der Waals surface area (Å²) in [5.74, 6) is 1.74. The van der Waals surface area contributed by atoms with Crippen molar-refractivity contribution in [2.24, 2.45) is 0 Å². The van der Waals surface area contributed by atoms with Crippen molar-refractivity contribution in [3.8, 4) is 0 Å². The highest BCUT2D eigenvalue weighted by Gasteiger charge is 2.23. The van der Waals surface area contributed by atoms with Crippen LogP contribution in [0.4, 0.5) is 11.6 Å². The van der Waals surface area contributed by atoms with Gasteiger partial charge in [-0.2, -0.15) is 0 Å². The van der Waals surface area contributed by atoms with Gasteiger partial charge in [0.25, 0.3) is 0 Å². The predicted octanol–water partition coefficient (Wildman–Crippen LogP) is 2.04. The van der Waals surface area contributed by atoms with Crippen molar-refractivity contribution in [1.29, 1.82) is 0 Å². The lowest BCUT2D eigenvalue weighted by molar-refractivity contribution is 0.239. The summed E-state index contributed by atoms with van der Waals surface area (Å²) in [5, 5.41) is 12.8. The zero-order valence-electron chi connectivity index (χ0n) is 12.1. The van der Waals surface area contributed by atoms with Crippen molar-refractivity contribution in [2.45, 2.75) is 51.6 Å². The molecule has 2 heterocycles. The third kappa shape index (κ3) is 3.80. The number of anilines is 2. The van der Waals surface area contributed by atoms with Gasteiger partial charge in [0, 0.05) is 18.2 Å². The Bertz CT molecular complexity index is 416. The number of hydrogen-bond acceptors (Lipinski definition) is 5. The van der Waals surface area contributed by atoms with Gasteiger partial charge in [0.1, 0.15) is 18.0 Å². The van der Waals surface area contributed by atoms with E-state index < -0.39 is 0 Å². The molecule has 1 atom stereocenters. The largest absolute Gasteiger partial charge is 0.394 e. The maximum atomic E-state index is 9.48. The molecule has 106 valence electrons. The van der Waals surface area contributed by atoms with Gasteiger partial charge in [-0.15, -0.1) is 0 Å². The van der Waals surface area contributed by atoms with E-state index in [2.05, 4.69) is 41.0 Å². The zero-order valence-corrected chi connectivity index (χ0v) is 12.1. The molecule has 19 heavy (non-hydrogen) atoms. The molecule has 1 aliphatic heterocycles. The Kier molecular flexibility index (Phi) is 4.24. The normalized spacial score (nSPS) is 20.4. The number of rotatable bonds is 3. The van der Waals surface area contributed by atoms with Crippen LogP contribution in [-0.4, -0.2) is 39.8 Å². The van der Waals surface area contributed by atoms with E-state index in [0.717, 1.165) is 31.0 Å². The minimum Gasteiger partial charge on any atom is -0.394 e. The first-order valence-electron chi connectivity index (χ1n) is 6.97. The lowest BCUT2D eigenvalue weighted by atomic mass is 10.0. The molecule has 1 saturated heterocycles. The first-order valence-corrected chi connectivity index (χ1v) is 6.97. The zero-order chi connectivity index (χ0) is 13.9. The maximum absolute atomic E-state index is 9.48. The van der Waals surface area contributed by atoms with Crippen LogP contribution in [0.5, 0.6) is 0 Å². The summed E-state index contributed by atoms with van der Waals surface area (Å²) in [6.45, 7) is 7.45. The van der Waals surface area contributed by atoms with E-state index in [-0.39, 0.29) is 18.2 Å². The Morgan fingerprint density at radius 1 is 1.37 bits per heavy atom. The number of aliphatic hydroxyl groups is 1. The predicted molar refractivity (Wildman–Crippen MR) is 77.5 cm³/mol. The Hall–Kier alpha value is -1.36. The summed E-state index contributed by atoms with van der Waals surface area (Å²) >= 11 is 0. The fourth-order valence-corrected chi connectivity index (χ4v) is 2.45. The molecule has 5 heteroatoms. The van der Waals surface area contributed by atoms with E-state index >= 15 is 0 Å². The number of aliphatic hydroxyl groups excluding tert-OH is 1. The van der Waals surface area contributed by atoms with Crippen LogP contribution in [0.2, 0.25) is 0 Å². The maximum Gasteiger partial charge on any atom is 0.134 e. The number of nitrogens with one attached hydrogen (secondary N) is 1. The van der Waals surface area contributed by atoms with E-state index in [0.29, 0.717) is 0 Å². The van der Waals surface area contributed by atoms with Gasteiger partial charge in [-0.3, -0.25) is 0 Å². The van der Waals surface area contributed by atoms with Crippen LogP contribution in [0, 0.1) is 0 Å². The van der Waals surface area contributed by atoms with Crippen LogP contribution in [0.1, 0.15) is 40.0 Å². The molecule has 1 aliphatic rings. The highest BCUT2D eigenvalue weighted by molar-refractivity contribution is 5.50. The number of hydrogen-bond donors (Lipinski definition) is 2. The first kappa shape index (κ1) is 14.1. The topological polar surface area (TPSA) is 61.3 Å². The van der Waals surface area contributed by atoms with Gasteiger partial charge in [-0.25, -0.2) is 9.97 Å². The first-order chi connectivity index (χ1) is 8.99. The molecule has 0 bridgehead atoms.